The molecule has 2 aromatic heterocycles. The van der Waals surface area contributed by atoms with Crippen molar-refractivity contribution < 1.29 is 0 Å². The van der Waals surface area contributed by atoms with E-state index in [9.17, 15) is 0 Å². The van der Waals surface area contributed by atoms with Gasteiger partial charge >= 0.3 is 0 Å². The molecule has 0 saturated heterocycles. The Morgan fingerprint density at radius 1 is 0.358 bits per heavy atom. The lowest BCUT2D eigenvalue weighted by atomic mass is 10.0. The molecule has 0 N–H and O–H groups in total. The first kappa shape index (κ1) is 29.9. The summed E-state index contributed by atoms with van der Waals surface area (Å²) in [5.41, 5.74) is 13.1. The number of aromatic nitrogens is 2. The quantitative estimate of drug-likeness (QED) is 0.179. The Labute approximate surface area is 319 Å². The maximum Gasteiger partial charge on any atom is 0.138 e. The second-order valence-electron chi connectivity index (χ2n) is 13.6. The number of benzene rings is 7. The molecule has 12 rings (SSSR count). The van der Waals surface area contributed by atoms with Crippen LogP contribution in [0.2, 0.25) is 0 Å². The maximum absolute atomic E-state index is 5.34. The van der Waals surface area contributed by atoms with Crippen molar-refractivity contribution in [1.82, 2.24) is 9.55 Å². The van der Waals surface area contributed by atoms with Crippen LogP contribution in [0.25, 0.3) is 61.1 Å². The van der Waals surface area contributed by atoms with Crippen LogP contribution in [0.5, 0.6) is 0 Å². The zero-order valence-electron chi connectivity index (χ0n) is 28.2. The molecule has 6 heteroatoms. The fraction of sp³-hybridized carbons (Fsp3) is 0. The molecule has 0 fully saturated rings. The van der Waals surface area contributed by atoms with Crippen LogP contribution in [-0.2, 0) is 0 Å². The molecule has 0 saturated carbocycles. The van der Waals surface area contributed by atoms with Gasteiger partial charge in [-0.15, -0.1) is 0 Å². The lowest BCUT2D eigenvalue weighted by molar-refractivity contribution is 1.02. The number of para-hydroxylation sites is 3. The fourth-order valence-corrected chi connectivity index (χ4v) is 11.8. The molecule has 7 aromatic carbocycles. The van der Waals surface area contributed by atoms with Crippen LogP contribution in [0, 0.1) is 0 Å². The van der Waals surface area contributed by atoms with Crippen LogP contribution in [0.15, 0.2) is 193 Å². The van der Waals surface area contributed by atoms with E-state index in [2.05, 4.69) is 173 Å². The molecule has 248 valence electrons. The Kier molecular flexibility index (Phi) is 6.43. The van der Waals surface area contributed by atoms with Crippen molar-refractivity contribution >= 4 is 74.2 Å². The number of fused-ring (bicyclic) bond motifs is 3. The minimum atomic E-state index is 0.908. The van der Waals surface area contributed by atoms with Crippen LogP contribution in [0.3, 0.4) is 0 Å². The smallest absolute Gasteiger partial charge is 0.138 e. The van der Waals surface area contributed by atoms with Crippen LogP contribution in [-0.4, -0.2) is 9.55 Å². The first-order valence-electron chi connectivity index (χ1n) is 17.7. The van der Waals surface area contributed by atoms with Gasteiger partial charge in [0.15, 0.2) is 0 Å². The van der Waals surface area contributed by atoms with Gasteiger partial charge in [0.2, 0.25) is 0 Å². The van der Waals surface area contributed by atoms with Gasteiger partial charge in [0.1, 0.15) is 5.82 Å². The molecule has 0 atom stereocenters. The summed E-state index contributed by atoms with van der Waals surface area (Å²) in [5.74, 6) is 0.908. The Morgan fingerprint density at radius 3 is 1.58 bits per heavy atom. The van der Waals surface area contributed by atoms with Crippen molar-refractivity contribution in [2.45, 2.75) is 29.4 Å². The summed E-state index contributed by atoms with van der Waals surface area (Å²) < 4.78 is 2.34. The van der Waals surface area contributed by atoms with E-state index in [1.54, 1.807) is 0 Å². The highest BCUT2D eigenvalue weighted by Crippen LogP contribution is 2.66. The van der Waals surface area contributed by atoms with Gasteiger partial charge in [0.25, 0.3) is 0 Å². The molecule has 3 aliphatic heterocycles. The van der Waals surface area contributed by atoms with Gasteiger partial charge in [0, 0.05) is 45.7 Å². The average molecular weight is 730 g/mol. The Bertz CT molecular complexity index is 2850. The molecule has 0 aliphatic carbocycles. The van der Waals surface area contributed by atoms with E-state index in [4.69, 9.17) is 4.98 Å². The van der Waals surface area contributed by atoms with E-state index < -0.39 is 0 Å². The van der Waals surface area contributed by atoms with E-state index in [1.807, 2.05) is 35.3 Å². The SMILES string of the molecule is c1ccc(-c2cc(-c3ccccc3)nc(-n3c4ccccc4c4cc(-c5cc6c7c(c5)Sc5cccc8c5N7c5c(cccc5S6)S8)ccc43)c2)cc1. The molecular formula is C47H27N3S3. The summed E-state index contributed by atoms with van der Waals surface area (Å²) >= 11 is 5.70. The Morgan fingerprint density at radius 2 is 0.906 bits per heavy atom. The zero-order valence-corrected chi connectivity index (χ0v) is 30.6. The monoisotopic (exact) mass is 729 g/mol. The molecule has 9 aromatic rings. The predicted molar refractivity (Wildman–Crippen MR) is 222 cm³/mol. The van der Waals surface area contributed by atoms with E-state index in [0.717, 1.165) is 33.7 Å². The molecule has 0 spiro atoms. The summed E-state index contributed by atoms with van der Waals surface area (Å²) in [6, 6.07) is 59.6. The topological polar surface area (TPSA) is 21.1 Å². The van der Waals surface area contributed by atoms with Crippen molar-refractivity contribution in [3.05, 3.63) is 164 Å². The first-order valence-corrected chi connectivity index (χ1v) is 20.1. The van der Waals surface area contributed by atoms with Crippen molar-refractivity contribution in [3.8, 4) is 39.3 Å². The summed E-state index contributed by atoms with van der Waals surface area (Å²) in [7, 11) is 0. The van der Waals surface area contributed by atoms with Gasteiger partial charge in [-0.05, 0) is 89.0 Å². The van der Waals surface area contributed by atoms with Crippen molar-refractivity contribution in [2.24, 2.45) is 0 Å². The molecule has 0 unspecified atom stereocenters. The third-order valence-corrected chi connectivity index (χ3v) is 13.8. The maximum atomic E-state index is 5.34. The lowest BCUT2D eigenvalue weighted by Crippen LogP contribution is -2.22. The number of anilines is 3. The predicted octanol–water partition coefficient (Wildman–Crippen LogP) is 14.0. The average Bonchev–Trinajstić information content (AvgIpc) is 3.55. The standard InChI is InChI=1S/C47H27N3S3/c1-3-11-28(12-4-1)31-24-35(29-13-5-2-6-14-29)48-44(27-31)49-36-16-8-7-15-33(36)34-23-30(21-22-37(34)49)32-25-42-47-43(26-32)53-41-20-10-18-39-46(41)50(47)45-38(51-39)17-9-19-40(45)52-42/h1-27H. The largest absolute Gasteiger partial charge is 0.304 e. The van der Waals surface area contributed by atoms with E-state index in [1.165, 1.54) is 73.9 Å². The number of hydrogen-bond acceptors (Lipinski definition) is 5. The molecule has 53 heavy (non-hydrogen) atoms. The lowest BCUT2D eigenvalue weighted by Gasteiger charge is -2.42. The third-order valence-electron chi connectivity index (χ3n) is 10.5. The minimum Gasteiger partial charge on any atom is -0.304 e. The van der Waals surface area contributed by atoms with Crippen molar-refractivity contribution in [1.29, 1.82) is 0 Å². The summed E-state index contributed by atoms with van der Waals surface area (Å²) in [6.07, 6.45) is 0. The number of rotatable bonds is 4. The molecule has 0 amide bonds. The molecule has 5 heterocycles. The Hall–Kier alpha value is -5.66. The van der Waals surface area contributed by atoms with Crippen molar-refractivity contribution in [2.75, 3.05) is 4.90 Å². The van der Waals surface area contributed by atoms with Gasteiger partial charge in [-0.3, -0.25) is 4.57 Å². The molecule has 0 radical (unpaired) electrons. The second-order valence-corrected chi connectivity index (χ2v) is 16.8. The normalized spacial score (nSPS) is 13.4. The van der Waals surface area contributed by atoms with E-state index in [-0.39, 0.29) is 0 Å². The van der Waals surface area contributed by atoms with E-state index in [0.29, 0.717) is 0 Å². The highest BCUT2D eigenvalue weighted by molar-refractivity contribution is 8.01. The number of nitrogens with zero attached hydrogens (tertiary/aromatic N) is 3. The molecule has 3 aliphatic rings. The molecule has 3 nitrogen and oxygen atoms in total. The highest BCUT2D eigenvalue weighted by atomic mass is 32.2. The van der Waals surface area contributed by atoms with Gasteiger partial charge in [-0.1, -0.05) is 132 Å². The minimum absolute atomic E-state index is 0.908. The zero-order chi connectivity index (χ0) is 34.6. The second kappa shape index (κ2) is 11.4. The van der Waals surface area contributed by atoms with Crippen LogP contribution in [0.1, 0.15) is 0 Å². The van der Waals surface area contributed by atoms with Gasteiger partial charge < -0.3 is 4.90 Å². The van der Waals surface area contributed by atoms with Gasteiger partial charge in [0.05, 0.1) is 33.8 Å². The van der Waals surface area contributed by atoms with Crippen molar-refractivity contribution in [3.63, 3.8) is 0 Å². The van der Waals surface area contributed by atoms with Crippen LogP contribution >= 0.6 is 35.3 Å². The van der Waals surface area contributed by atoms with Gasteiger partial charge in [-0.25, -0.2) is 4.98 Å². The summed E-state index contributed by atoms with van der Waals surface area (Å²) in [4.78, 5) is 15.8. The van der Waals surface area contributed by atoms with Crippen LogP contribution < -0.4 is 4.90 Å². The summed E-state index contributed by atoms with van der Waals surface area (Å²) in [6.45, 7) is 0. The number of pyridine rings is 1. The highest BCUT2D eigenvalue weighted by Gasteiger charge is 2.39. The number of hydrogen-bond donors (Lipinski definition) is 0. The Balaban J connectivity index is 1.05. The molecule has 0 bridgehead atoms. The first-order chi connectivity index (χ1) is 26.2. The third kappa shape index (κ3) is 4.50. The van der Waals surface area contributed by atoms with Gasteiger partial charge in [-0.2, -0.15) is 0 Å². The van der Waals surface area contributed by atoms with E-state index >= 15 is 0 Å². The van der Waals surface area contributed by atoms with Crippen LogP contribution in [0.4, 0.5) is 17.1 Å². The molecular weight excluding hydrogens is 703 g/mol. The fourth-order valence-electron chi connectivity index (χ4n) is 8.17. The summed E-state index contributed by atoms with van der Waals surface area (Å²) in [5, 5.41) is 2.44.